The molecule has 2 N–H and O–H groups in total. The van der Waals surface area contributed by atoms with Gasteiger partial charge < -0.3 is 5.73 Å². The van der Waals surface area contributed by atoms with Gasteiger partial charge in [-0.25, -0.2) is 0 Å². The first-order chi connectivity index (χ1) is 9.75. The van der Waals surface area contributed by atoms with Crippen molar-refractivity contribution >= 4 is 0 Å². The molecule has 126 valence electrons. The maximum atomic E-state index is 12.3. The molecule has 3 nitrogen and oxygen atoms in total. The van der Waals surface area contributed by atoms with Gasteiger partial charge in [-0.2, -0.15) is 13.2 Å². The zero-order valence-electron chi connectivity index (χ0n) is 13.5. The number of hydrogen-bond donors (Lipinski definition) is 1. The summed E-state index contributed by atoms with van der Waals surface area (Å²) < 4.78 is 37.0. The quantitative estimate of drug-likeness (QED) is 0.748. The van der Waals surface area contributed by atoms with Crippen LogP contribution in [0.15, 0.2) is 0 Å². The van der Waals surface area contributed by atoms with Crippen LogP contribution in [0.2, 0.25) is 0 Å². The molecule has 6 heteroatoms. The highest BCUT2D eigenvalue weighted by atomic mass is 19.4. The predicted octanol–water partition coefficient (Wildman–Crippen LogP) is 2.85. The van der Waals surface area contributed by atoms with Crippen LogP contribution in [0.3, 0.4) is 0 Å². The van der Waals surface area contributed by atoms with Crippen LogP contribution in [0.1, 0.15) is 46.5 Å². The molecule has 1 aliphatic heterocycles. The normalized spacial score (nSPS) is 23.7. The van der Waals surface area contributed by atoms with E-state index in [9.17, 15) is 13.2 Å². The first-order valence-electron chi connectivity index (χ1n) is 8.01. The Hall–Kier alpha value is -0.330. The molecule has 0 radical (unpaired) electrons. The Kier molecular flexibility index (Phi) is 6.94. The number of halogens is 3. The summed E-state index contributed by atoms with van der Waals surface area (Å²) in [5.41, 5.74) is 5.57. The number of likely N-dealkylation sites (tertiary alicyclic amines) is 1. The average Bonchev–Trinajstić information content (AvgIpc) is 2.89. The van der Waals surface area contributed by atoms with Gasteiger partial charge in [0.1, 0.15) is 0 Å². The van der Waals surface area contributed by atoms with Crippen LogP contribution in [0.5, 0.6) is 0 Å². The van der Waals surface area contributed by atoms with Gasteiger partial charge in [-0.3, -0.25) is 9.80 Å². The Labute approximate surface area is 126 Å². The Morgan fingerprint density at radius 3 is 2.29 bits per heavy atom. The van der Waals surface area contributed by atoms with Crippen LogP contribution >= 0.6 is 0 Å². The molecule has 0 aliphatic carbocycles. The SMILES string of the molecule is CCN(CC)C1CCN(C(C)(CN)CCCC(F)(F)F)C1. The van der Waals surface area contributed by atoms with Crippen molar-refractivity contribution < 1.29 is 13.2 Å². The number of likely N-dealkylation sites (N-methyl/N-ethyl adjacent to an activating group) is 1. The fraction of sp³-hybridized carbons (Fsp3) is 1.00. The second-order valence-corrected chi connectivity index (χ2v) is 6.28. The van der Waals surface area contributed by atoms with Crippen molar-refractivity contribution in [3.05, 3.63) is 0 Å². The number of hydrogen-bond acceptors (Lipinski definition) is 3. The van der Waals surface area contributed by atoms with Gasteiger partial charge in [0.15, 0.2) is 0 Å². The van der Waals surface area contributed by atoms with Gasteiger partial charge in [0.25, 0.3) is 0 Å². The van der Waals surface area contributed by atoms with Crippen molar-refractivity contribution in [1.82, 2.24) is 9.80 Å². The smallest absolute Gasteiger partial charge is 0.329 e. The van der Waals surface area contributed by atoms with Gasteiger partial charge in [0.05, 0.1) is 0 Å². The second-order valence-electron chi connectivity index (χ2n) is 6.28. The van der Waals surface area contributed by atoms with E-state index in [0.717, 1.165) is 32.6 Å². The molecule has 0 aromatic heterocycles. The minimum absolute atomic E-state index is 0.156. The van der Waals surface area contributed by atoms with E-state index in [4.69, 9.17) is 5.73 Å². The van der Waals surface area contributed by atoms with Crippen molar-refractivity contribution in [2.75, 3.05) is 32.7 Å². The molecule has 0 bridgehead atoms. The standard InChI is InChI=1S/C15H30F3N3/c1-4-20(5-2)13-7-10-21(11-13)14(3,12-19)8-6-9-15(16,17)18/h13H,4-12,19H2,1-3H3. The van der Waals surface area contributed by atoms with Gasteiger partial charge in [-0.15, -0.1) is 0 Å². The zero-order chi connectivity index (χ0) is 16.1. The van der Waals surface area contributed by atoms with Crippen LogP contribution in [0.4, 0.5) is 13.2 Å². The third-order valence-electron chi connectivity index (χ3n) is 4.87. The average molecular weight is 309 g/mol. The molecule has 2 unspecified atom stereocenters. The molecule has 21 heavy (non-hydrogen) atoms. The minimum atomic E-state index is -4.07. The summed E-state index contributed by atoms with van der Waals surface area (Å²) in [6, 6.07) is 0.508. The van der Waals surface area contributed by atoms with E-state index in [2.05, 4.69) is 23.6 Å². The van der Waals surface area contributed by atoms with Crippen molar-refractivity contribution in [3.8, 4) is 0 Å². The van der Waals surface area contributed by atoms with Crippen LogP contribution in [-0.4, -0.2) is 60.3 Å². The lowest BCUT2D eigenvalue weighted by atomic mass is 9.93. The van der Waals surface area contributed by atoms with E-state index in [1.807, 2.05) is 6.92 Å². The summed E-state index contributed by atoms with van der Waals surface area (Å²) in [5, 5.41) is 0. The zero-order valence-corrected chi connectivity index (χ0v) is 13.5. The third-order valence-corrected chi connectivity index (χ3v) is 4.87. The third kappa shape index (κ3) is 5.42. The summed E-state index contributed by atoms with van der Waals surface area (Å²) in [5.74, 6) is 0. The maximum absolute atomic E-state index is 12.3. The number of nitrogens with two attached hydrogens (primary N) is 1. The molecule has 0 spiro atoms. The lowest BCUT2D eigenvalue weighted by Gasteiger charge is -2.39. The van der Waals surface area contributed by atoms with Crippen LogP contribution in [0, 0.1) is 0 Å². The van der Waals surface area contributed by atoms with Crippen LogP contribution in [-0.2, 0) is 0 Å². The summed E-state index contributed by atoms with van der Waals surface area (Å²) >= 11 is 0. The van der Waals surface area contributed by atoms with Gasteiger partial charge in [0.2, 0.25) is 0 Å². The lowest BCUT2D eigenvalue weighted by molar-refractivity contribution is -0.136. The van der Waals surface area contributed by atoms with E-state index in [0.29, 0.717) is 19.0 Å². The van der Waals surface area contributed by atoms with Crippen LogP contribution in [0.25, 0.3) is 0 Å². The first kappa shape index (κ1) is 18.7. The van der Waals surface area contributed by atoms with Gasteiger partial charge >= 0.3 is 6.18 Å². The maximum Gasteiger partial charge on any atom is 0.389 e. The molecule has 0 amide bonds. The summed E-state index contributed by atoms with van der Waals surface area (Å²) in [6.07, 6.45) is -3.03. The Morgan fingerprint density at radius 1 is 1.19 bits per heavy atom. The van der Waals surface area contributed by atoms with Gasteiger partial charge in [-0.1, -0.05) is 13.8 Å². The molecule has 0 saturated carbocycles. The van der Waals surface area contributed by atoms with E-state index in [-0.39, 0.29) is 12.0 Å². The molecule has 1 aliphatic rings. The number of alkyl halides is 3. The van der Waals surface area contributed by atoms with Crippen molar-refractivity contribution in [3.63, 3.8) is 0 Å². The highest BCUT2D eigenvalue weighted by molar-refractivity contribution is 4.94. The fourth-order valence-corrected chi connectivity index (χ4v) is 3.33. The van der Waals surface area contributed by atoms with E-state index in [1.165, 1.54) is 0 Å². The first-order valence-corrected chi connectivity index (χ1v) is 8.01. The highest BCUT2D eigenvalue weighted by Crippen LogP contribution is 2.30. The fourth-order valence-electron chi connectivity index (χ4n) is 3.33. The van der Waals surface area contributed by atoms with Gasteiger partial charge in [-0.05, 0) is 39.3 Å². The van der Waals surface area contributed by atoms with Crippen molar-refractivity contribution in [1.29, 1.82) is 0 Å². The monoisotopic (exact) mass is 309 g/mol. The van der Waals surface area contributed by atoms with Crippen molar-refractivity contribution in [2.24, 2.45) is 5.73 Å². The number of rotatable bonds is 8. The molecule has 2 atom stereocenters. The molecule has 1 heterocycles. The largest absolute Gasteiger partial charge is 0.389 e. The number of nitrogens with zero attached hydrogens (tertiary/aromatic N) is 2. The van der Waals surface area contributed by atoms with E-state index < -0.39 is 12.6 Å². The molecular weight excluding hydrogens is 279 g/mol. The Bertz CT molecular complexity index is 305. The topological polar surface area (TPSA) is 32.5 Å². The molecule has 1 saturated heterocycles. The van der Waals surface area contributed by atoms with E-state index in [1.54, 1.807) is 0 Å². The minimum Gasteiger partial charge on any atom is -0.329 e. The highest BCUT2D eigenvalue weighted by Gasteiger charge is 2.38. The van der Waals surface area contributed by atoms with E-state index >= 15 is 0 Å². The summed E-state index contributed by atoms with van der Waals surface area (Å²) in [7, 11) is 0. The summed E-state index contributed by atoms with van der Waals surface area (Å²) in [6.45, 7) is 10.6. The Morgan fingerprint density at radius 2 is 1.81 bits per heavy atom. The predicted molar refractivity (Wildman–Crippen MR) is 80.3 cm³/mol. The molecule has 0 aromatic rings. The molecule has 0 aromatic carbocycles. The lowest BCUT2D eigenvalue weighted by Crippen LogP contribution is -2.51. The van der Waals surface area contributed by atoms with Crippen LogP contribution < -0.4 is 5.73 Å². The molecule has 1 fully saturated rings. The second kappa shape index (κ2) is 7.79. The Balaban J connectivity index is 2.55. The molecule has 1 rings (SSSR count). The van der Waals surface area contributed by atoms with Gasteiger partial charge in [0, 0.05) is 37.6 Å². The van der Waals surface area contributed by atoms with Crippen molar-refractivity contribution in [2.45, 2.75) is 64.2 Å². The summed E-state index contributed by atoms with van der Waals surface area (Å²) in [4.78, 5) is 4.72. The molecular formula is C15H30F3N3.